The van der Waals surface area contributed by atoms with Crippen molar-refractivity contribution in [1.82, 2.24) is 25.1 Å². The van der Waals surface area contributed by atoms with Gasteiger partial charge in [0.2, 0.25) is 0 Å². The van der Waals surface area contributed by atoms with E-state index in [1.54, 1.807) is 4.90 Å². The lowest BCUT2D eigenvalue weighted by molar-refractivity contribution is 0.0812. The third kappa shape index (κ3) is 3.90. The molecule has 0 saturated heterocycles. The van der Waals surface area contributed by atoms with Crippen LogP contribution in [0.1, 0.15) is 21.7 Å². The maximum Gasteiger partial charge on any atom is 0.261 e. The fourth-order valence-corrected chi connectivity index (χ4v) is 3.32. The largest absolute Gasteiger partial charge is 0.340 e. The van der Waals surface area contributed by atoms with Crippen LogP contribution in [-0.2, 0) is 13.0 Å². The van der Waals surface area contributed by atoms with Crippen LogP contribution in [0.25, 0.3) is 11.5 Å². The topological polar surface area (TPSA) is 89.7 Å². The van der Waals surface area contributed by atoms with Gasteiger partial charge in [-0.25, -0.2) is 26.9 Å². The molecule has 1 aliphatic heterocycles. The summed E-state index contributed by atoms with van der Waals surface area (Å²) in [5.41, 5.74) is 0.642. The number of hydrogen-bond donors (Lipinski definition) is 3. The number of hydrogen-bond acceptors (Lipinski definition) is 4. The van der Waals surface area contributed by atoms with E-state index in [0.29, 0.717) is 30.8 Å². The molecule has 0 aliphatic carbocycles. The summed E-state index contributed by atoms with van der Waals surface area (Å²) in [4.78, 5) is 21.3. The number of nitrogens with one attached hydrogen (secondary N) is 3. The maximum atomic E-state index is 13.9. The summed E-state index contributed by atoms with van der Waals surface area (Å²) in [6.07, 6.45) is -0.685. The number of anilines is 1. The summed E-state index contributed by atoms with van der Waals surface area (Å²) in [6, 6.07) is 0.806. The minimum atomic E-state index is -2.45. The van der Waals surface area contributed by atoms with Crippen molar-refractivity contribution in [2.24, 2.45) is 0 Å². The van der Waals surface area contributed by atoms with Gasteiger partial charge in [-0.2, -0.15) is 5.10 Å². The zero-order valence-electron chi connectivity index (χ0n) is 15.3. The van der Waals surface area contributed by atoms with Crippen molar-refractivity contribution in [3.63, 3.8) is 0 Å². The zero-order valence-corrected chi connectivity index (χ0v) is 15.3. The van der Waals surface area contributed by atoms with Gasteiger partial charge in [-0.1, -0.05) is 0 Å². The summed E-state index contributed by atoms with van der Waals surface area (Å²) >= 11 is 0. The van der Waals surface area contributed by atoms with Gasteiger partial charge in [0.25, 0.3) is 12.3 Å². The number of H-pyrrole nitrogens is 2. The van der Waals surface area contributed by atoms with E-state index in [2.05, 4.69) is 25.5 Å². The van der Waals surface area contributed by atoms with Gasteiger partial charge in [-0.15, -0.1) is 0 Å². The molecule has 1 amide bonds. The van der Waals surface area contributed by atoms with E-state index < -0.39 is 35.3 Å². The van der Waals surface area contributed by atoms with Gasteiger partial charge in [-0.3, -0.25) is 14.8 Å². The molecule has 3 N–H and O–H groups in total. The van der Waals surface area contributed by atoms with Gasteiger partial charge in [0, 0.05) is 43.5 Å². The Morgan fingerprint density at radius 2 is 1.97 bits per heavy atom. The highest BCUT2D eigenvalue weighted by Crippen LogP contribution is 2.27. The summed E-state index contributed by atoms with van der Waals surface area (Å²) in [5.74, 6) is -4.71. The molecule has 0 radical (unpaired) electrons. The molecular formula is C18H15F5N6O. The van der Waals surface area contributed by atoms with Crippen molar-refractivity contribution in [1.29, 1.82) is 0 Å². The number of amides is 1. The zero-order chi connectivity index (χ0) is 21.4. The van der Waals surface area contributed by atoms with Gasteiger partial charge >= 0.3 is 0 Å². The van der Waals surface area contributed by atoms with Crippen molar-refractivity contribution in [3.05, 3.63) is 52.7 Å². The summed E-state index contributed by atoms with van der Waals surface area (Å²) < 4.78 is 66.0. The number of aromatic nitrogens is 4. The molecule has 0 spiro atoms. The molecule has 1 aromatic carbocycles. The number of halogens is 5. The first-order valence-corrected chi connectivity index (χ1v) is 8.90. The number of carbonyl (C=O) groups is 1. The van der Waals surface area contributed by atoms with Gasteiger partial charge in [0.1, 0.15) is 23.0 Å². The molecule has 158 valence electrons. The monoisotopic (exact) mass is 426 g/mol. The standard InChI is InChI=1S/C18H15F5N6O/c19-8-3-9(20)15(10(21)4-8)18(30)27-12-5-24-28-16(12)17-25-11-1-2-29(7-14(22)23)6-13(11)26-17/h3-5,14H,1-2,6-7H2,(H,24,28)(H,25,26)(H,27,30). The molecule has 3 heterocycles. The van der Waals surface area contributed by atoms with Crippen molar-refractivity contribution >= 4 is 11.6 Å². The second-order valence-corrected chi connectivity index (χ2v) is 6.73. The number of fused-ring (bicyclic) bond motifs is 1. The summed E-state index contributed by atoms with van der Waals surface area (Å²) in [6.45, 7) is 0.306. The van der Waals surface area contributed by atoms with Crippen LogP contribution in [0, 0.1) is 17.5 Å². The fourth-order valence-electron chi connectivity index (χ4n) is 3.32. The van der Waals surface area contributed by atoms with Crippen LogP contribution in [0.15, 0.2) is 18.3 Å². The van der Waals surface area contributed by atoms with Gasteiger partial charge in [0.15, 0.2) is 11.5 Å². The first-order chi connectivity index (χ1) is 14.3. The molecule has 2 aromatic heterocycles. The second kappa shape index (κ2) is 7.86. The van der Waals surface area contributed by atoms with E-state index in [1.807, 2.05) is 0 Å². The highest BCUT2D eigenvalue weighted by Gasteiger charge is 2.25. The van der Waals surface area contributed by atoms with Gasteiger partial charge in [-0.05, 0) is 0 Å². The number of imidazole rings is 1. The third-order valence-corrected chi connectivity index (χ3v) is 4.66. The number of benzene rings is 1. The summed E-state index contributed by atoms with van der Waals surface area (Å²) in [7, 11) is 0. The Bertz CT molecular complexity index is 1070. The number of carbonyl (C=O) groups excluding carboxylic acids is 1. The lowest BCUT2D eigenvalue weighted by atomic mass is 10.1. The SMILES string of the molecule is O=C(Nc1c[nH]nc1-c1nc2c([nH]1)CCN(CC(F)F)C2)c1c(F)cc(F)cc1F. The molecule has 1 aliphatic rings. The van der Waals surface area contributed by atoms with Crippen molar-refractivity contribution in [2.75, 3.05) is 18.4 Å². The molecule has 7 nitrogen and oxygen atoms in total. The third-order valence-electron chi connectivity index (χ3n) is 4.66. The van der Waals surface area contributed by atoms with E-state index in [-0.39, 0.29) is 30.3 Å². The minimum absolute atomic E-state index is 0.0821. The minimum Gasteiger partial charge on any atom is -0.340 e. The molecule has 0 bridgehead atoms. The molecule has 3 aromatic rings. The second-order valence-electron chi connectivity index (χ2n) is 6.73. The fraction of sp³-hybridized carbons (Fsp3) is 0.278. The average Bonchev–Trinajstić information content (AvgIpc) is 3.26. The highest BCUT2D eigenvalue weighted by atomic mass is 19.3. The Kier molecular flexibility index (Phi) is 5.24. The smallest absolute Gasteiger partial charge is 0.261 e. The number of alkyl halides is 2. The molecule has 0 unspecified atom stereocenters. The maximum absolute atomic E-state index is 13.9. The Hall–Kier alpha value is -3.28. The van der Waals surface area contributed by atoms with Crippen molar-refractivity contribution < 1.29 is 26.7 Å². The van der Waals surface area contributed by atoms with Crippen LogP contribution in [0.4, 0.5) is 27.6 Å². The highest BCUT2D eigenvalue weighted by molar-refractivity contribution is 6.06. The Morgan fingerprint density at radius 1 is 1.23 bits per heavy atom. The van der Waals surface area contributed by atoms with Crippen LogP contribution in [-0.4, -0.2) is 50.5 Å². The quantitative estimate of drug-likeness (QED) is 0.547. The van der Waals surface area contributed by atoms with E-state index in [4.69, 9.17) is 0 Å². The Labute approximate surface area is 166 Å². The van der Waals surface area contributed by atoms with Crippen LogP contribution in [0.5, 0.6) is 0 Å². The van der Waals surface area contributed by atoms with E-state index in [9.17, 15) is 26.7 Å². The van der Waals surface area contributed by atoms with Crippen molar-refractivity contribution in [2.45, 2.75) is 19.4 Å². The Balaban J connectivity index is 1.57. The average molecular weight is 426 g/mol. The Morgan fingerprint density at radius 3 is 2.67 bits per heavy atom. The van der Waals surface area contributed by atoms with E-state index in [1.165, 1.54) is 6.20 Å². The van der Waals surface area contributed by atoms with E-state index in [0.717, 1.165) is 5.69 Å². The van der Waals surface area contributed by atoms with E-state index >= 15 is 0 Å². The van der Waals surface area contributed by atoms with Gasteiger partial charge < -0.3 is 10.3 Å². The van der Waals surface area contributed by atoms with Crippen molar-refractivity contribution in [3.8, 4) is 11.5 Å². The predicted octanol–water partition coefficient (Wildman–Crippen LogP) is 3.09. The first-order valence-electron chi connectivity index (χ1n) is 8.90. The number of rotatable bonds is 5. The lowest BCUT2D eigenvalue weighted by Crippen LogP contribution is -2.34. The van der Waals surface area contributed by atoms with Crippen LogP contribution < -0.4 is 5.32 Å². The normalized spacial score (nSPS) is 14.2. The van der Waals surface area contributed by atoms with Crippen LogP contribution in [0.3, 0.4) is 0 Å². The molecule has 12 heteroatoms. The molecule has 0 fully saturated rings. The molecule has 0 atom stereocenters. The number of aromatic amines is 2. The van der Waals surface area contributed by atoms with Crippen LogP contribution in [0.2, 0.25) is 0 Å². The number of nitrogens with zero attached hydrogens (tertiary/aromatic N) is 3. The molecular weight excluding hydrogens is 411 g/mol. The van der Waals surface area contributed by atoms with Crippen LogP contribution >= 0.6 is 0 Å². The molecule has 4 rings (SSSR count). The lowest BCUT2D eigenvalue weighted by Gasteiger charge is -2.25. The molecule has 0 saturated carbocycles. The van der Waals surface area contributed by atoms with Gasteiger partial charge in [0.05, 0.1) is 17.9 Å². The molecule has 30 heavy (non-hydrogen) atoms. The summed E-state index contributed by atoms with van der Waals surface area (Å²) in [5, 5.41) is 8.83. The first kappa shape index (κ1) is 20.0. The predicted molar refractivity (Wildman–Crippen MR) is 95.4 cm³/mol.